The number of carboxylic acids is 1. The van der Waals surface area contributed by atoms with E-state index >= 15 is 0 Å². The first-order valence-corrected chi connectivity index (χ1v) is 14.2. The Kier molecular flexibility index (Phi) is 5.60. The van der Waals surface area contributed by atoms with Crippen LogP contribution in [0.1, 0.15) is 73.8 Å². The number of pyridine rings is 1. The minimum absolute atomic E-state index is 0.0705. The van der Waals surface area contributed by atoms with E-state index in [1.165, 1.54) is 6.07 Å². The number of rotatable bonds is 8. The molecule has 208 valence electrons. The van der Waals surface area contributed by atoms with Gasteiger partial charge in [-0.1, -0.05) is 12.1 Å². The predicted molar refractivity (Wildman–Crippen MR) is 147 cm³/mol. The molecule has 5 aliphatic rings. The van der Waals surface area contributed by atoms with Crippen molar-refractivity contribution >= 4 is 5.97 Å². The summed E-state index contributed by atoms with van der Waals surface area (Å²) in [6, 6.07) is 14.6. The fourth-order valence-corrected chi connectivity index (χ4v) is 7.62. The van der Waals surface area contributed by atoms with Gasteiger partial charge in [0.25, 0.3) is 0 Å². The van der Waals surface area contributed by atoms with Gasteiger partial charge in [-0.2, -0.15) is 0 Å². The first kappa shape index (κ1) is 25.5. The van der Waals surface area contributed by atoms with Crippen molar-refractivity contribution in [1.82, 2.24) is 4.98 Å². The maximum Gasteiger partial charge on any atom is 0.311 e. The van der Waals surface area contributed by atoms with Gasteiger partial charge in [0, 0.05) is 34.7 Å². The largest absolute Gasteiger partial charge is 0.489 e. The van der Waals surface area contributed by atoms with E-state index in [2.05, 4.69) is 4.98 Å². The highest BCUT2D eigenvalue weighted by atomic mass is 19.1. The topological polar surface area (TPSA) is 88.9 Å². The second kappa shape index (κ2) is 8.77. The van der Waals surface area contributed by atoms with Gasteiger partial charge in [-0.05, 0) is 105 Å². The molecule has 3 fully saturated rings. The number of aromatic nitrogens is 1. The summed E-state index contributed by atoms with van der Waals surface area (Å²) >= 11 is 0. The number of carboxylic acid groups (broad SMARTS) is 1. The van der Waals surface area contributed by atoms with Crippen LogP contribution in [0.15, 0.2) is 48.5 Å². The smallest absolute Gasteiger partial charge is 0.311 e. The lowest BCUT2D eigenvalue weighted by Gasteiger charge is -2.35. The Morgan fingerprint density at radius 2 is 1.80 bits per heavy atom. The van der Waals surface area contributed by atoms with Crippen LogP contribution in [0, 0.1) is 30.0 Å². The van der Waals surface area contributed by atoms with Crippen molar-refractivity contribution < 1.29 is 28.9 Å². The first-order chi connectivity index (χ1) is 19.1. The Bertz CT molecular complexity index is 1520. The molecule has 2 aromatic carbocycles. The van der Waals surface area contributed by atoms with Crippen LogP contribution < -0.4 is 9.47 Å². The number of halogens is 1. The second-order valence-electron chi connectivity index (χ2n) is 12.6. The predicted octanol–water partition coefficient (Wildman–Crippen LogP) is 6.38. The summed E-state index contributed by atoms with van der Waals surface area (Å²) in [5, 5.41) is 19.9. The number of hydrogen-bond donors (Lipinski definition) is 2. The zero-order valence-electron chi connectivity index (χ0n) is 23.0. The molecule has 3 aromatic rings. The van der Waals surface area contributed by atoms with Crippen molar-refractivity contribution in [3.05, 3.63) is 76.7 Å². The van der Waals surface area contributed by atoms with Crippen LogP contribution in [-0.2, 0) is 11.4 Å². The molecule has 0 radical (unpaired) electrons. The Morgan fingerprint density at radius 3 is 2.48 bits per heavy atom. The van der Waals surface area contributed by atoms with Gasteiger partial charge in [-0.25, -0.2) is 9.37 Å². The van der Waals surface area contributed by atoms with E-state index < -0.39 is 17.0 Å². The Labute approximate surface area is 233 Å². The maximum atomic E-state index is 14.7. The van der Waals surface area contributed by atoms with Gasteiger partial charge in [0.2, 0.25) is 5.88 Å². The molecule has 3 saturated carbocycles. The molecule has 2 N–H and O–H groups in total. The van der Waals surface area contributed by atoms with E-state index in [0.717, 1.165) is 53.6 Å². The average Bonchev–Trinajstić information content (AvgIpc) is 3.71. The van der Waals surface area contributed by atoms with Crippen LogP contribution in [-0.4, -0.2) is 32.9 Å². The Morgan fingerprint density at radius 1 is 1.05 bits per heavy atom. The normalized spacial score (nSPS) is 29.4. The number of aliphatic hydroxyl groups is 1. The maximum absolute atomic E-state index is 14.7. The number of nitrogens with zero attached hydrogens (tertiary/aromatic N) is 1. The quantitative estimate of drug-likeness (QED) is 0.343. The lowest BCUT2D eigenvalue weighted by molar-refractivity contribution is -0.141. The van der Waals surface area contributed by atoms with Crippen molar-refractivity contribution in [2.24, 2.45) is 17.3 Å². The number of aryl methyl sites for hydroxylation is 1. The summed E-state index contributed by atoms with van der Waals surface area (Å²) in [6.45, 7) is 5.75. The Hall–Kier alpha value is -3.45. The molecular formula is C33H34FNO5. The molecule has 0 amide bonds. The third-order valence-corrected chi connectivity index (χ3v) is 9.95. The first-order valence-electron chi connectivity index (χ1n) is 14.2. The molecule has 1 aromatic heterocycles. The third-order valence-electron chi connectivity index (χ3n) is 9.95. The number of hydrogen-bond acceptors (Lipinski definition) is 5. The zero-order chi connectivity index (χ0) is 28.0. The van der Waals surface area contributed by atoms with Gasteiger partial charge < -0.3 is 19.7 Å². The van der Waals surface area contributed by atoms with Crippen molar-refractivity contribution in [1.29, 1.82) is 0 Å². The minimum Gasteiger partial charge on any atom is -0.489 e. The lowest BCUT2D eigenvalue weighted by atomic mass is 9.78. The van der Waals surface area contributed by atoms with Gasteiger partial charge in [0.15, 0.2) is 0 Å². The molecule has 40 heavy (non-hydrogen) atoms. The van der Waals surface area contributed by atoms with Crippen molar-refractivity contribution in [2.45, 2.75) is 76.6 Å². The zero-order valence-corrected chi connectivity index (χ0v) is 23.0. The van der Waals surface area contributed by atoms with E-state index in [0.29, 0.717) is 23.1 Å². The summed E-state index contributed by atoms with van der Waals surface area (Å²) in [5.74, 6) is 1.00. The number of ether oxygens (including phenoxy) is 2. The number of aliphatic carboxylic acids is 1. The van der Waals surface area contributed by atoms with Gasteiger partial charge in [-0.15, -0.1) is 0 Å². The summed E-state index contributed by atoms with van der Waals surface area (Å²) in [6.07, 6.45) is 3.74. The molecule has 6 nitrogen and oxygen atoms in total. The second-order valence-corrected chi connectivity index (χ2v) is 12.6. The Balaban J connectivity index is 1.01. The van der Waals surface area contributed by atoms with Crippen LogP contribution in [0.4, 0.5) is 4.39 Å². The minimum atomic E-state index is -0.691. The highest BCUT2D eigenvalue weighted by molar-refractivity contribution is 5.94. The molecule has 5 aliphatic carbocycles. The van der Waals surface area contributed by atoms with Crippen molar-refractivity contribution in [3.63, 3.8) is 0 Å². The van der Waals surface area contributed by atoms with E-state index in [9.17, 15) is 19.4 Å². The summed E-state index contributed by atoms with van der Waals surface area (Å²) in [4.78, 5) is 16.4. The molecule has 2 bridgehead atoms. The molecule has 7 heteroatoms. The van der Waals surface area contributed by atoms with Crippen LogP contribution in [0.2, 0.25) is 0 Å². The van der Waals surface area contributed by atoms with E-state index in [4.69, 9.17) is 9.47 Å². The average molecular weight is 544 g/mol. The summed E-state index contributed by atoms with van der Waals surface area (Å²) < 4.78 is 26.9. The van der Waals surface area contributed by atoms with E-state index in [1.54, 1.807) is 12.1 Å². The van der Waals surface area contributed by atoms with Gasteiger partial charge in [0.05, 0.1) is 11.0 Å². The molecular weight excluding hydrogens is 509 g/mol. The molecule has 8 rings (SSSR count). The molecule has 0 aliphatic heterocycles. The standard InChI is InChI=1S/C33H34FNO5/c1-17-23(11-13-27(35-17)40-21-7-5-20(6-8-21)32(2,3)38)18-4-12-26(34)19(14-18)16-39-22-9-10-24-25(15-22)29-30-28(24)33(29,30)31(36)37/h4,9-15,20-21,28-30,38H,5-8,16H2,1-3H3,(H,36,37). The van der Waals surface area contributed by atoms with E-state index in [1.807, 2.05) is 51.1 Å². The monoisotopic (exact) mass is 543 g/mol. The van der Waals surface area contributed by atoms with Crippen molar-refractivity contribution in [3.8, 4) is 22.8 Å². The van der Waals surface area contributed by atoms with Gasteiger partial charge >= 0.3 is 5.97 Å². The molecule has 0 saturated heterocycles. The van der Waals surface area contributed by atoms with Crippen LogP contribution >= 0.6 is 0 Å². The van der Waals surface area contributed by atoms with Crippen LogP contribution in [0.25, 0.3) is 11.1 Å². The highest BCUT2D eigenvalue weighted by Gasteiger charge is 2.95. The SMILES string of the molecule is Cc1nc(OC2CCC(C(C)(C)O)CC2)ccc1-c1ccc(F)c(COc2ccc3c(c2)C2C4C3C24C(=O)O)c1. The third kappa shape index (κ3) is 3.85. The molecule has 4 atom stereocenters. The summed E-state index contributed by atoms with van der Waals surface area (Å²) in [5.41, 5.74) is 4.00. The molecule has 4 unspecified atom stereocenters. The van der Waals surface area contributed by atoms with Crippen LogP contribution in [0.3, 0.4) is 0 Å². The highest BCUT2D eigenvalue weighted by Crippen LogP contribution is 2.96. The summed E-state index contributed by atoms with van der Waals surface area (Å²) in [7, 11) is 0. The van der Waals surface area contributed by atoms with Gasteiger partial charge in [0.1, 0.15) is 24.3 Å². The molecule has 1 heterocycles. The van der Waals surface area contributed by atoms with Crippen molar-refractivity contribution in [2.75, 3.05) is 0 Å². The fourth-order valence-electron chi connectivity index (χ4n) is 7.62. The van der Waals surface area contributed by atoms with Crippen LogP contribution in [0.5, 0.6) is 11.6 Å². The number of benzene rings is 2. The molecule has 0 spiro atoms. The number of carbonyl (C=O) groups is 1. The fraction of sp³-hybridized carbons (Fsp3) is 0.455. The van der Waals surface area contributed by atoms with E-state index in [-0.39, 0.29) is 36.3 Å². The van der Waals surface area contributed by atoms with Gasteiger partial charge in [-0.3, -0.25) is 4.79 Å². The lowest BCUT2D eigenvalue weighted by Crippen LogP contribution is -2.36.